The van der Waals surface area contributed by atoms with Gasteiger partial charge in [-0.1, -0.05) is 0 Å². The van der Waals surface area contributed by atoms with Gasteiger partial charge in [0.05, 0.1) is 30.1 Å². The number of aromatic nitrogens is 4. The van der Waals surface area contributed by atoms with Crippen LogP contribution in [0.15, 0.2) is 41.0 Å². The van der Waals surface area contributed by atoms with Crippen LogP contribution in [0.25, 0.3) is 5.82 Å². The van der Waals surface area contributed by atoms with E-state index < -0.39 is 5.92 Å². The maximum Gasteiger partial charge on any atom is 0.230 e. The standard InChI is InChI=1S/C19H20N6O3/c1-12-5-6-16(22-21-12)25-17(8-13(2)23-25)20-19(27)14-9-18(26)24(10-14)11-15-4-3-7-28-15/h3-8,14H,9-11H2,1-2H3,(H,20,27)/t14-/m0/s1. The van der Waals surface area contributed by atoms with E-state index in [1.165, 1.54) is 4.68 Å². The molecule has 1 aliphatic rings. The fourth-order valence-electron chi connectivity index (χ4n) is 3.19. The summed E-state index contributed by atoms with van der Waals surface area (Å²) >= 11 is 0. The Bertz CT molecular complexity index is 993. The van der Waals surface area contributed by atoms with Crippen LogP contribution in [0.5, 0.6) is 0 Å². The molecule has 144 valence electrons. The van der Waals surface area contributed by atoms with Gasteiger partial charge in [0.25, 0.3) is 0 Å². The molecule has 9 heteroatoms. The highest BCUT2D eigenvalue weighted by atomic mass is 16.3. The van der Waals surface area contributed by atoms with Gasteiger partial charge in [-0.3, -0.25) is 9.59 Å². The number of amides is 2. The number of aryl methyl sites for hydroxylation is 2. The van der Waals surface area contributed by atoms with E-state index in [2.05, 4.69) is 20.6 Å². The monoisotopic (exact) mass is 380 g/mol. The van der Waals surface area contributed by atoms with Crippen molar-refractivity contribution in [3.8, 4) is 5.82 Å². The Morgan fingerprint density at radius 1 is 1.25 bits per heavy atom. The van der Waals surface area contributed by atoms with Crippen molar-refractivity contribution in [3.63, 3.8) is 0 Å². The first-order valence-corrected chi connectivity index (χ1v) is 8.98. The van der Waals surface area contributed by atoms with Crippen LogP contribution in [0, 0.1) is 19.8 Å². The Hall–Kier alpha value is -3.49. The van der Waals surface area contributed by atoms with Crippen LogP contribution in [0.2, 0.25) is 0 Å². The average molecular weight is 380 g/mol. The highest BCUT2D eigenvalue weighted by Gasteiger charge is 2.35. The summed E-state index contributed by atoms with van der Waals surface area (Å²) in [6.07, 6.45) is 1.74. The van der Waals surface area contributed by atoms with Crippen molar-refractivity contribution < 1.29 is 14.0 Å². The number of nitrogens with zero attached hydrogens (tertiary/aromatic N) is 5. The highest BCUT2D eigenvalue weighted by Crippen LogP contribution is 2.23. The lowest BCUT2D eigenvalue weighted by molar-refractivity contribution is -0.128. The second-order valence-electron chi connectivity index (χ2n) is 6.86. The van der Waals surface area contributed by atoms with Crippen molar-refractivity contribution in [1.82, 2.24) is 24.9 Å². The van der Waals surface area contributed by atoms with Gasteiger partial charge in [0, 0.05) is 19.0 Å². The molecule has 0 aromatic carbocycles. The average Bonchev–Trinajstić information content (AvgIpc) is 3.38. The van der Waals surface area contributed by atoms with E-state index in [9.17, 15) is 9.59 Å². The SMILES string of the molecule is Cc1ccc(-n2nc(C)cc2NC(=O)[C@H]2CC(=O)N(Cc3ccco3)C2)nn1. The highest BCUT2D eigenvalue weighted by molar-refractivity contribution is 5.96. The molecule has 3 aromatic heterocycles. The van der Waals surface area contributed by atoms with E-state index in [1.807, 2.05) is 26.0 Å². The van der Waals surface area contributed by atoms with Crippen LogP contribution in [-0.2, 0) is 16.1 Å². The predicted molar refractivity (Wildman–Crippen MR) is 99.5 cm³/mol. The summed E-state index contributed by atoms with van der Waals surface area (Å²) in [5.41, 5.74) is 1.53. The molecule has 2 amide bonds. The molecule has 9 nitrogen and oxygen atoms in total. The van der Waals surface area contributed by atoms with Crippen molar-refractivity contribution in [2.75, 3.05) is 11.9 Å². The number of furan rings is 1. The minimum atomic E-state index is -0.435. The zero-order valence-corrected chi connectivity index (χ0v) is 15.6. The first kappa shape index (κ1) is 17.9. The number of rotatable bonds is 5. The molecule has 1 N–H and O–H groups in total. The number of anilines is 1. The summed E-state index contributed by atoms with van der Waals surface area (Å²) in [4.78, 5) is 26.7. The maximum atomic E-state index is 12.8. The third-order valence-electron chi connectivity index (χ3n) is 4.60. The Labute approximate surface area is 161 Å². The lowest BCUT2D eigenvalue weighted by Gasteiger charge is -2.15. The van der Waals surface area contributed by atoms with Gasteiger partial charge < -0.3 is 14.6 Å². The second kappa shape index (κ2) is 7.26. The molecular weight excluding hydrogens is 360 g/mol. The third kappa shape index (κ3) is 3.64. The van der Waals surface area contributed by atoms with Gasteiger partial charge in [-0.15, -0.1) is 5.10 Å². The molecule has 0 radical (unpaired) electrons. The van der Waals surface area contributed by atoms with Crippen LogP contribution in [-0.4, -0.2) is 43.2 Å². The number of likely N-dealkylation sites (tertiary alicyclic amines) is 1. The summed E-state index contributed by atoms with van der Waals surface area (Å²) < 4.78 is 6.83. The van der Waals surface area contributed by atoms with Crippen LogP contribution < -0.4 is 5.32 Å². The van der Waals surface area contributed by atoms with Crippen LogP contribution >= 0.6 is 0 Å². The number of hydrogen-bond donors (Lipinski definition) is 1. The Kier molecular flexibility index (Phi) is 4.64. The number of nitrogens with one attached hydrogen (secondary N) is 1. The van der Waals surface area contributed by atoms with Gasteiger partial charge >= 0.3 is 0 Å². The third-order valence-corrected chi connectivity index (χ3v) is 4.60. The summed E-state index contributed by atoms with van der Waals surface area (Å²) in [5, 5.41) is 15.4. The molecular formula is C19H20N6O3. The minimum absolute atomic E-state index is 0.0642. The molecule has 0 saturated carbocycles. The van der Waals surface area contributed by atoms with Gasteiger partial charge in [0.1, 0.15) is 11.6 Å². The first-order valence-electron chi connectivity index (χ1n) is 8.98. The van der Waals surface area contributed by atoms with E-state index in [1.54, 1.807) is 29.4 Å². The molecule has 28 heavy (non-hydrogen) atoms. The smallest absolute Gasteiger partial charge is 0.230 e. The van der Waals surface area contributed by atoms with E-state index in [0.717, 1.165) is 11.4 Å². The lowest BCUT2D eigenvalue weighted by atomic mass is 10.1. The maximum absolute atomic E-state index is 12.8. The van der Waals surface area contributed by atoms with Crippen molar-refractivity contribution in [2.45, 2.75) is 26.8 Å². The van der Waals surface area contributed by atoms with Crippen LogP contribution in [0.3, 0.4) is 0 Å². The number of carbonyl (C=O) groups excluding carboxylic acids is 2. The number of carbonyl (C=O) groups is 2. The van der Waals surface area contributed by atoms with Gasteiger partial charge in [-0.2, -0.15) is 14.9 Å². The van der Waals surface area contributed by atoms with Gasteiger partial charge in [0.15, 0.2) is 5.82 Å². The molecule has 1 atom stereocenters. The lowest BCUT2D eigenvalue weighted by Crippen LogP contribution is -2.28. The molecule has 4 heterocycles. The molecule has 0 aliphatic carbocycles. The van der Waals surface area contributed by atoms with E-state index in [-0.39, 0.29) is 18.2 Å². The minimum Gasteiger partial charge on any atom is -0.467 e. The summed E-state index contributed by atoms with van der Waals surface area (Å²) in [6, 6.07) is 8.96. The molecule has 0 unspecified atom stereocenters. The largest absolute Gasteiger partial charge is 0.467 e. The Balaban J connectivity index is 1.47. The zero-order chi connectivity index (χ0) is 19.7. The first-order chi connectivity index (χ1) is 13.5. The Morgan fingerprint density at radius 3 is 2.82 bits per heavy atom. The normalized spacial score (nSPS) is 16.6. The zero-order valence-electron chi connectivity index (χ0n) is 15.6. The molecule has 0 bridgehead atoms. The molecule has 4 rings (SSSR count). The van der Waals surface area contributed by atoms with E-state index >= 15 is 0 Å². The quantitative estimate of drug-likeness (QED) is 0.724. The van der Waals surface area contributed by atoms with Crippen LogP contribution in [0.1, 0.15) is 23.6 Å². The van der Waals surface area contributed by atoms with Gasteiger partial charge in [-0.05, 0) is 38.1 Å². The second-order valence-corrected chi connectivity index (χ2v) is 6.86. The Morgan fingerprint density at radius 2 is 2.11 bits per heavy atom. The van der Waals surface area contributed by atoms with Gasteiger partial charge in [0.2, 0.25) is 11.8 Å². The predicted octanol–water partition coefficient (Wildman–Crippen LogP) is 1.86. The topological polar surface area (TPSA) is 106 Å². The van der Waals surface area contributed by atoms with Gasteiger partial charge in [-0.25, -0.2) is 0 Å². The summed E-state index contributed by atoms with van der Waals surface area (Å²) in [6.45, 7) is 4.39. The molecule has 1 saturated heterocycles. The van der Waals surface area contributed by atoms with Crippen LogP contribution in [0.4, 0.5) is 5.82 Å². The fourth-order valence-corrected chi connectivity index (χ4v) is 3.19. The summed E-state index contributed by atoms with van der Waals surface area (Å²) in [7, 11) is 0. The van der Waals surface area contributed by atoms with E-state index in [4.69, 9.17) is 4.42 Å². The van der Waals surface area contributed by atoms with Crippen molar-refractivity contribution in [2.24, 2.45) is 5.92 Å². The summed E-state index contributed by atoms with van der Waals surface area (Å²) in [5.74, 6) is 0.979. The molecule has 1 fully saturated rings. The van der Waals surface area contributed by atoms with Crippen molar-refractivity contribution in [3.05, 3.63) is 53.7 Å². The molecule has 1 aliphatic heterocycles. The molecule has 3 aromatic rings. The fraction of sp³-hybridized carbons (Fsp3) is 0.316. The van der Waals surface area contributed by atoms with E-state index in [0.29, 0.717) is 30.5 Å². The van der Waals surface area contributed by atoms with Crippen molar-refractivity contribution >= 4 is 17.6 Å². The molecule has 0 spiro atoms. The van der Waals surface area contributed by atoms with Crippen molar-refractivity contribution in [1.29, 1.82) is 0 Å². The number of hydrogen-bond acceptors (Lipinski definition) is 6.